The normalized spacial score (nSPS) is 12.2. The minimum Gasteiger partial charge on any atom is -0.337 e. The van der Waals surface area contributed by atoms with Gasteiger partial charge in [-0.05, 0) is 32.4 Å². The Balaban J connectivity index is 2.64. The maximum absolute atomic E-state index is 12.1. The SMILES string of the molecule is CCC(N)CC(=O)N(CC)Cc1cccc(C)n1. The predicted molar refractivity (Wildman–Crippen MR) is 72.9 cm³/mol. The van der Waals surface area contributed by atoms with Crippen molar-refractivity contribution in [3.05, 3.63) is 29.6 Å². The molecule has 1 unspecified atom stereocenters. The largest absolute Gasteiger partial charge is 0.337 e. The van der Waals surface area contributed by atoms with Crippen molar-refractivity contribution in [2.45, 2.75) is 46.2 Å². The standard InChI is InChI=1S/C14H23N3O/c1-4-12(15)9-14(18)17(5-2)10-13-8-6-7-11(3)16-13/h6-8,12H,4-5,9-10,15H2,1-3H3. The zero-order chi connectivity index (χ0) is 13.5. The molecular weight excluding hydrogens is 226 g/mol. The molecule has 0 aliphatic heterocycles. The molecule has 4 heteroatoms. The number of aryl methyl sites for hydroxylation is 1. The molecule has 0 aromatic carbocycles. The Hall–Kier alpha value is -1.42. The summed E-state index contributed by atoms with van der Waals surface area (Å²) in [4.78, 5) is 18.3. The molecule has 0 aliphatic rings. The summed E-state index contributed by atoms with van der Waals surface area (Å²) in [5.74, 6) is 0.107. The van der Waals surface area contributed by atoms with Crippen LogP contribution in [-0.4, -0.2) is 28.4 Å². The third kappa shape index (κ3) is 4.45. The van der Waals surface area contributed by atoms with E-state index in [1.54, 1.807) is 4.90 Å². The van der Waals surface area contributed by atoms with Crippen LogP contribution in [0.2, 0.25) is 0 Å². The van der Waals surface area contributed by atoms with E-state index in [-0.39, 0.29) is 11.9 Å². The van der Waals surface area contributed by atoms with Gasteiger partial charge in [-0.2, -0.15) is 0 Å². The molecule has 1 rings (SSSR count). The number of aromatic nitrogens is 1. The van der Waals surface area contributed by atoms with Crippen LogP contribution in [0.15, 0.2) is 18.2 Å². The molecule has 1 aromatic heterocycles. The van der Waals surface area contributed by atoms with Crippen molar-refractivity contribution in [1.29, 1.82) is 0 Å². The van der Waals surface area contributed by atoms with Gasteiger partial charge in [0.2, 0.25) is 5.91 Å². The van der Waals surface area contributed by atoms with E-state index in [4.69, 9.17) is 5.73 Å². The second kappa shape index (κ2) is 7.11. The molecule has 0 radical (unpaired) electrons. The molecule has 0 spiro atoms. The molecular formula is C14H23N3O. The first-order chi connectivity index (χ1) is 8.56. The lowest BCUT2D eigenvalue weighted by atomic mass is 10.1. The number of carbonyl (C=O) groups is 1. The van der Waals surface area contributed by atoms with Gasteiger partial charge in [-0.1, -0.05) is 13.0 Å². The van der Waals surface area contributed by atoms with Crippen LogP contribution in [-0.2, 0) is 11.3 Å². The summed E-state index contributed by atoms with van der Waals surface area (Å²) in [7, 11) is 0. The second-order valence-electron chi connectivity index (χ2n) is 4.55. The van der Waals surface area contributed by atoms with Gasteiger partial charge in [-0.25, -0.2) is 0 Å². The maximum atomic E-state index is 12.1. The van der Waals surface area contributed by atoms with Crippen molar-refractivity contribution < 1.29 is 4.79 Å². The van der Waals surface area contributed by atoms with Gasteiger partial charge in [0.1, 0.15) is 0 Å². The molecule has 2 N–H and O–H groups in total. The molecule has 18 heavy (non-hydrogen) atoms. The molecule has 0 saturated heterocycles. The highest BCUT2D eigenvalue weighted by molar-refractivity contribution is 5.76. The van der Waals surface area contributed by atoms with Crippen molar-refractivity contribution in [1.82, 2.24) is 9.88 Å². The first-order valence-corrected chi connectivity index (χ1v) is 6.52. The highest BCUT2D eigenvalue weighted by Crippen LogP contribution is 2.06. The van der Waals surface area contributed by atoms with Gasteiger partial charge in [-0.15, -0.1) is 0 Å². The average molecular weight is 249 g/mol. The summed E-state index contributed by atoms with van der Waals surface area (Å²) in [6.07, 6.45) is 1.24. The summed E-state index contributed by atoms with van der Waals surface area (Å²) in [5, 5.41) is 0. The van der Waals surface area contributed by atoms with E-state index in [2.05, 4.69) is 4.98 Å². The van der Waals surface area contributed by atoms with Gasteiger partial charge in [-0.3, -0.25) is 9.78 Å². The Morgan fingerprint density at radius 1 is 1.44 bits per heavy atom. The summed E-state index contributed by atoms with van der Waals surface area (Å²) in [5.41, 5.74) is 7.72. The summed E-state index contributed by atoms with van der Waals surface area (Å²) < 4.78 is 0. The lowest BCUT2D eigenvalue weighted by Crippen LogP contribution is -2.35. The quantitative estimate of drug-likeness (QED) is 0.837. The monoisotopic (exact) mass is 249 g/mol. The molecule has 0 bridgehead atoms. The number of pyridine rings is 1. The van der Waals surface area contributed by atoms with Crippen LogP contribution in [0.3, 0.4) is 0 Å². The third-order valence-corrected chi connectivity index (χ3v) is 2.99. The van der Waals surface area contributed by atoms with E-state index >= 15 is 0 Å². The lowest BCUT2D eigenvalue weighted by molar-refractivity contribution is -0.132. The van der Waals surface area contributed by atoms with Crippen LogP contribution in [0.4, 0.5) is 0 Å². The second-order valence-corrected chi connectivity index (χ2v) is 4.55. The molecule has 1 heterocycles. The van der Waals surface area contributed by atoms with Gasteiger partial charge in [0.15, 0.2) is 0 Å². The number of nitrogens with zero attached hydrogens (tertiary/aromatic N) is 2. The zero-order valence-corrected chi connectivity index (χ0v) is 11.5. The van der Waals surface area contributed by atoms with Crippen molar-refractivity contribution >= 4 is 5.91 Å². The van der Waals surface area contributed by atoms with Gasteiger partial charge in [0, 0.05) is 24.7 Å². The number of hydrogen-bond acceptors (Lipinski definition) is 3. The summed E-state index contributed by atoms with van der Waals surface area (Å²) in [6.45, 7) is 7.18. The van der Waals surface area contributed by atoms with Crippen molar-refractivity contribution in [3.8, 4) is 0 Å². The number of hydrogen-bond donors (Lipinski definition) is 1. The van der Waals surface area contributed by atoms with Crippen LogP contribution in [0.25, 0.3) is 0 Å². The van der Waals surface area contributed by atoms with Crippen LogP contribution in [0.1, 0.15) is 38.1 Å². The van der Waals surface area contributed by atoms with E-state index in [1.165, 1.54) is 0 Å². The highest BCUT2D eigenvalue weighted by atomic mass is 16.2. The minimum atomic E-state index is -0.0444. The number of amides is 1. The van der Waals surface area contributed by atoms with Crippen molar-refractivity contribution in [2.75, 3.05) is 6.54 Å². The lowest BCUT2D eigenvalue weighted by Gasteiger charge is -2.22. The molecule has 1 amide bonds. The number of carbonyl (C=O) groups excluding carboxylic acids is 1. The van der Waals surface area contributed by atoms with Gasteiger partial charge < -0.3 is 10.6 Å². The van der Waals surface area contributed by atoms with Gasteiger partial charge in [0.05, 0.1) is 12.2 Å². The van der Waals surface area contributed by atoms with E-state index in [1.807, 2.05) is 39.0 Å². The first kappa shape index (κ1) is 14.6. The third-order valence-electron chi connectivity index (χ3n) is 2.99. The van der Waals surface area contributed by atoms with Gasteiger partial charge >= 0.3 is 0 Å². The minimum absolute atomic E-state index is 0.0444. The fourth-order valence-corrected chi connectivity index (χ4v) is 1.76. The Labute approximate surface area is 109 Å². The molecule has 1 atom stereocenters. The van der Waals surface area contributed by atoms with Crippen molar-refractivity contribution in [3.63, 3.8) is 0 Å². The van der Waals surface area contributed by atoms with Crippen LogP contribution in [0.5, 0.6) is 0 Å². The molecule has 1 aromatic rings. The average Bonchev–Trinajstić information content (AvgIpc) is 2.35. The zero-order valence-electron chi connectivity index (χ0n) is 11.5. The fourth-order valence-electron chi connectivity index (χ4n) is 1.76. The summed E-state index contributed by atoms with van der Waals surface area (Å²) in [6, 6.07) is 5.82. The van der Waals surface area contributed by atoms with E-state index in [9.17, 15) is 4.79 Å². The maximum Gasteiger partial charge on any atom is 0.224 e. The molecule has 4 nitrogen and oxygen atoms in total. The van der Waals surface area contributed by atoms with Crippen molar-refractivity contribution in [2.24, 2.45) is 5.73 Å². The van der Waals surface area contributed by atoms with E-state index in [0.29, 0.717) is 19.5 Å². The highest BCUT2D eigenvalue weighted by Gasteiger charge is 2.15. The molecule has 0 saturated carbocycles. The topological polar surface area (TPSA) is 59.2 Å². The Morgan fingerprint density at radius 3 is 2.72 bits per heavy atom. The van der Waals surface area contributed by atoms with Crippen LogP contribution in [0, 0.1) is 6.92 Å². The number of rotatable bonds is 6. The Bertz CT molecular complexity index is 392. The summed E-state index contributed by atoms with van der Waals surface area (Å²) >= 11 is 0. The molecule has 0 fully saturated rings. The van der Waals surface area contributed by atoms with E-state index in [0.717, 1.165) is 17.8 Å². The van der Waals surface area contributed by atoms with Crippen LogP contribution >= 0.6 is 0 Å². The molecule has 100 valence electrons. The fraction of sp³-hybridized carbons (Fsp3) is 0.571. The first-order valence-electron chi connectivity index (χ1n) is 6.52. The van der Waals surface area contributed by atoms with E-state index < -0.39 is 0 Å². The van der Waals surface area contributed by atoms with Gasteiger partial charge in [0.25, 0.3) is 0 Å². The smallest absolute Gasteiger partial charge is 0.224 e. The number of nitrogens with two attached hydrogens (primary N) is 1. The van der Waals surface area contributed by atoms with Crippen LogP contribution < -0.4 is 5.73 Å². The Kier molecular flexibility index (Phi) is 5.78. The predicted octanol–water partition coefficient (Wildman–Crippen LogP) is 1.87. The Morgan fingerprint density at radius 2 is 2.17 bits per heavy atom. The molecule has 0 aliphatic carbocycles.